The number of nitro groups is 1. The quantitative estimate of drug-likeness (QED) is 0.0404. The van der Waals surface area contributed by atoms with Gasteiger partial charge in [0, 0.05) is 81.1 Å². The lowest BCUT2D eigenvalue weighted by molar-refractivity contribution is -0.384. The topological polar surface area (TPSA) is 232 Å². The Hall–Kier alpha value is -5.42. The number of ether oxygens (including phenoxy) is 9. The van der Waals surface area contributed by atoms with Crippen LogP contribution in [0, 0.1) is 39.7 Å². The van der Waals surface area contributed by atoms with E-state index in [2.05, 4.69) is 22.1 Å². The maximum absolute atomic E-state index is 15.3. The molecule has 2 aromatic carbocycles. The van der Waals surface area contributed by atoms with Gasteiger partial charge in [-0.1, -0.05) is 70.2 Å². The molecule has 21 heteroatoms. The Labute approximate surface area is 471 Å². The number of methoxy groups -OCH3 is 2. The predicted molar refractivity (Wildman–Crippen MR) is 294 cm³/mol. The summed E-state index contributed by atoms with van der Waals surface area (Å²) in [6.45, 7) is 21.2. The highest BCUT2D eigenvalue weighted by Gasteiger charge is 2.61. The van der Waals surface area contributed by atoms with Gasteiger partial charge in [0.2, 0.25) is 0 Å². The van der Waals surface area contributed by atoms with Crippen molar-refractivity contribution in [3.63, 3.8) is 0 Å². The molecule has 21 nitrogen and oxygen atoms in total. The lowest BCUT2D eigenvalue weighted by Gasteiger charge is -2.50. The first-order chi connectivity index (χ1) is 37.8. The number of unbranched alkanes of at least 4 members (excludes halogenated alkanes) is 1. The van der Waals surface area contributed by atoms with Crippen LogP contribution < -0.4 is 0 Å². The molecule has 5 heterocycles. The molecule has 4 fully saturated rings. The second-order valence-corrected chi connectivity index (χ2v) is 23.6. The van der Waals surface area contributed by atoms with Crippen molar-refractivity contribution in [1.82, 2.24) is 24.8 Å². The van der Waals surface area contributed by atoms with E-state index in [0.717, 1.165) is 6.42 Å². The van der Waals surface area contributed by atoms with Crippen molar-refractivity contribution in [3.05, 3.63) is 76.5 Å². The van der Waals surface area contributed by atoms with Gasteiger partial charge in [0.05, 0.1) is 58.7 Å². The summed E-state index contributed by atoms with van der Waals surface area (Å²) >= 11 is 0. The third-order valence-electron chi connectivity index (χ3n) is 17.6. The molecule has 4 saturated heterocycles. The number of aryl methyl sites for hydroxylation is 1. The Bertz CT molecular complexity index is 2620. The monoisotopic (exact) mass is 1120 g/mol. The number of cyclic esters (lactones) is 1. The van der Waals surface area contributed by atoms with Gasteiger partial charge < -0.3 is 52.4 Å². The molecule has 3 aromatic rings. The maximum atomic E-state index is 15.3. The number of Topliss-reactive ketones (excluding diaryl/α,β-unsaturated/α-hetero) is 1. The lowest BCUT2D eigenvalue weighted by Crippen LogP contribution is -2.61. The van der Waals surface area contributed by atoms with Crippen LogP contribution in [0.1, 0.15) is 125 Å². The van der Waals surface area contributed by atoms with Crippen molar-refractivity contribution < 1.29 is 66.7 Å². The molecule has 0 spiro atoms. The largest absolute Gasteiger partial charge is 0.458 e. The Morgan fingerprint density at radius 1 is 0.850 bits per heavy atom. The van der Waals surface area contributed by atoms with Gasteiger partial charge in [0.1, 0.15) is 23.2 Å². The van der Waals surface area contributed by atoms with Gasteiger partial charge in [-0.2, -0.15) is 0 Å². The van der Waals surface area contributed by atoms with Crippen molar-refractivity contribution in [2.75, 3.05) is 34.9 Å². The number of fused-ring (bicyclic) bond motifs is 1. The van der Waals surface area contributed by atoms with Gasteiger partial charge in [-0.15, -0.1) is 5.10 Å². The smallest absolute Gasteiger partial charge is 0.410 e. The van der Waals surface area contributed by atoms with Gasteiger partial charge in [-0.3, -0.25) is 24.4 Å². The van der Waals surface area contributed by atoms with Gasteiger partial charge in [-0.05, 0) is 99.9 Å². The van der Waals surface area contributed by atoms with Crippen molar-refractivity contribution in [2.45, 2.75) is 199 Å². The minimum absolute atomic E-state index is 0.0571. The summed E-state index contributed by atoms with van der Waals surface area (Å²) in [4.78, 5) is 73.1. The van der Waals surface area contributed by atoms with Gasteiger partial charge >= 0.3 is 18.0 Å². The zero-order chi connectivity index (χ0) is 58.6. The summed E-state index contributed by atoms with van der Waals surface area (Å²) in [6, 6.07) is 14.1. The molecule has 1 amide bonds. The van der Waals surface area contributed by atoms with Crippen molar-refractivity contribution in [2.24, 2.45) is 29.6 Å². The first-order valence-corrected chi connectivity index (χ1v) is 28.3. The summed E-state index contributed by atoms with van der Waals surface area (Å²) in [5.41, 5.74) is -2.48. The number of rotatable bonds is 17. The highest BCUT2D eigenvalue weighted by Crippen LogP contribution is 2.45. The molecule has 0 aliphatic carbocycles. The van der Waals surface area contributed by atoms with Crippen LogP contribution in [0.4, 0.5) is 10.5 Å². The molecule has 442 valence electrons. The number of carbonyl (C=O) groups is 4. The zero-order valence-electron chi connectivity index (χ0n) is 49.4. The van der Waals surface area contributed by atoms with E-state index >= 15 is 9.59 Å². The van der Waals surface area contributed by atoms with Crippen molar-refractivity contribution in [3.8, 4) is 11.3 Å². The number of amides is 1. The molecule has 4 aliphatic rings. The van der Waals surface area contributed by atoms with E-state index in [1.165, 1.54) is 12.1 Å². The molecule has 0 unspecified atom stereocenters. The minimum atomic E-state index is -1.49. The number of non-ortho nitro benzene ring substituents is 1. The van der Waals surface area contributed by atoms with Crippen LogP contribution in [0.5, 0.6) is 0 Å². The average molecular weight is 1120 g/mol. The number of aromatic nitrogens is 3. The van der Waals surface area contributed by atoms with Crippen molar-refractivity contribution in [1.29, 1.82) is 0 Å². The van der Waals surface area contributed by atoms with E-state index in [4.69, 9.17) is 42.6 Å². The fraction of sp³-hybridized carbons (Fsp3) is 0.695. The van der Waals surface area contributed by atoms with Crippen LogP contribution >= 0.6 is 0 Å². The Morgan fingerprint density at radius 2 is 1.52 bits per heavy atom. The van der Waals surface area contributed by atoms with Gasteiger partial charge in [0.25, 0.3) is 5.69 Å². The number of nitro benzene ring substituents is 1. The highest BCUT2D eigenvalue weighted by molar-refractivity contribution is 5.89. The third kappa shape index (κ3) is 13.2. The van der Waals surface area contributed by atoms with E-state index in [0.29, 0.717) is 36.2 Å². The number of hydrogen-bond acceptors (Lipinski definition) is 18. The third-order valence-corrected chi connectivity index (χ3v) is 17.6. The maximum Gasteiger partial charge on any atom is 0.410 e. The molecular weight excluding hydrogens is 1030 g/mol. The standard InChI is InChI=1S/C59H86N6O15/c1-16-46-59(11)50(64(56(69)80-59)28-21-20-27-63-33-44(60-61-63)42-25-22-26-43(30-42)65(70)71)37(5)48(66)34(2)31-57(9,72-14)51(79-55-36(4)45(62(12)13)29-35(3)74-55)38(6)49(39(7)53(67)76-46)77-47-32-58(10,73-15)52(40(8)75-47)78-54(68)41-23-18-17-19-24-41/h17-19,22-26,30,33-40,45-47,49-52,55H,16,20-21,27-29,31-32H2,1-15H3/t34-,35-,36-,37+,38+,39-,40+,45+,46-,47+,49+,50+,51-,52+,55+,57+,58-,59-/m1/s1. The van der Waals surface area contributed by atoms with E-state index in [9.17, 15) is 19.7 Å². The van der Waals surface area contributed by atoms with Crippen LogP contribution in [0.25, 0.3) is 11.3 Å². The lowest BCUT2D eigenvalue weighted by atomic mass is 9.73. The first kappa shape index (κ1) is 62.2. The molecule has 0 saturated carbocycles. The number of hydrogen-bond donors (Lipinski definition) is 0. The molecule has 0 N–H and O–H groups in total. The Kier molecular flexibility index (Phi) is 20.1. The average Bonchev–Trinajstić information content (AvgIpc) is 4.20. The van der Waals surface area contributed by atoms with Crippen LogP contribution in [0.15, 0.2) is 60.8 Å². The summed E-state index contributed by atoms with van der Waals surface area (Å²) in [5.74, 6) is -4.62. The molecule has 4 aliphatic heterocycles. The molecule has 80 heavy (non-hydrogen) atoms. The van der Waals surface area contributed by atoms with E-state index in [1.54, 1.807) is 87.2 Å². The predicted octanol–water partition coefficient (Wildman–Crippen LogP) is 8.69. The van der Waals surface area contributed by atoms with Crippen molar-refractivity contribution >= 4 is 29.5 Å². The van der Waals surface area contributed by atoms with Gasteiger partial charge in [0.15, 0.2) is 24.3 Å². The number of esters is 2. The number of benzene rings is 2. The first-order valence-electron chi connectivity index (χ1n) is 28.3. The molecular formula is C59H86N6O15. The van der Waals surface area contributed by atoms with Crippen LogP contribution in [-0.4, -0.2) is 166 Å². The summed E-state index contributed by atoms with van der Waals surface area (Å²) in [5, 5.41) is 19.9. The highest BCUT2D eigenvalue weighted by atomic mass is 16.7. The van der Waals surface area contributed by atoms with Crippen LogP contribution in [0.2, 0.25) is 0 Å². The number of ketones is 1. The van der Waals surface area contributed by atoms with Crippen LogP contribution in [0.3, 0.4) is 0 Å². The number of carbonyl (C=O) groups excluding carboxylic acids is 4. The second kappa shape index (κ2) is 25.8. The fourth-order valence-electron chi connectivity index (χ4n) is 13.0. The second-order valence-electron chi connectivity index (χ2n) is 23.6. The SMILES string of the molecule is CC[C@H]1OC(=O)[C@H](C)[C@@H](O[C@H]2C[C@@](C)(OC)[C@@H](OC(=O)c3ccccc3)[C@H](C)O2)[C@H](C)[C@@H](O[C@@H]2O[C@H](C)C[C@H](N(C)C)[C@H]2C)[C@@](C)(OC)C[C@@H](C)C(=O)[C@H](C)[C@@H]2N(CCCCn3cc(-c4cccc([N+](=O)[O-])c4)nn3)C(=O)O[C@@]21C. The number of nitrogens with zero attached hydrogens (tertiary/aromatic N) is 6. The molecule has 0 radical (unpaired) electrons. The van der Waals surface area contributed by atoms with E-state index in [1.807, 2.05) is 68.6 Å². The minimum Gasteiger partial charge on any atom is -0.458 e. The van der Waals surface area contributed by atoms with Gasteiger partial charge in [-0.25, -0.2) is 9.59 Å². The van der Waals surface area contributed by atoms with Crippen LogP contribution in [-0.2, 0) is 58.8 Å². The van der Waals surface area contributed by atoms with E-state index in [-0.39, 0.29) is 55.3 Å². The molecule has 1 aromatic heterocycles. The van der Waals surface area contributed by atoms with E-state index < -0.39 is 113 Å². The zero-order valence-corrected chi connectivity index (χ0v) is 49.4. The summed E-state index contributed by atoms with van der Waals surface area (Å²) in [7, 11) is 7.21. The summed E-state index contributed by atoms with van der Waals surface area (Å²) in [6.07, 6.45) is -3.03. The molecule has 18 atom stereocenters. The summed E-state index contributed by atoms with van der Waals surface area (Å²) < 4.78 is 61.2. The molecule has 0 bridgehead atoms. The molecule has 7 rings (SSSR count). The Morgan fingerprint density at radius 3 is 2.17 bits per heavy atom. The fourth-order valence-corrected chi connectivity index (χ4v) is 13.0. The normalized spacial score (nSPS) is 36.4. The Balaban J connectivity index is 1.22.